The molecule has 0 spiro atoms. The van der Waals surface area contributed by atoms with E-state index in [1.165, 1.54) is 17.5 Å². The summed E-state index contributed by atoms with van der Waals surface area (Å²) in [7, 11) is 0. The van der Waals surface area contributed by atoms with Gasteiger partial charge in [-0.15, -0.1) is 0 Å². The lowest BCUT2D eigenvalue weighted by Crippen LogP contribution is -2.46. The van der Waals surface area contributed by atoms with Crippen LogP contribution in [0.1, 0.15) is 37.3 Å². The number of nitrogens with one attached hydrogen (secondary N) is 2. The number of rotatable bonds is 4. The molecule has 5 nitrogen and oxygen atoms in total. The van der Waals surface area contributed by atoms with Crippen molar-refractivity contribution in [1.82, 2.24) is 10.2 Å². The Labute approximate surface area is 137 Å². The van der Waals surface area contributed by atoms with Crippen LogP contribution in [0.25, 0.3) is 0 Å². The zero-order valence-electron chi connectivity index (χ0n) is 13.7. The van der Waals surface area contributed by atoms with Crippen LogP contribution in [-0.4, -0.2) is 42.4 Å². The third-order valence-corrected chi connectivity index (χ3v) is 4.74. The van der Waals surface area contributed by atoms with Gasteiger partial charge in [0.15, 0.2) is 0 Å². The summed E-state index contributed by atoms with van der Waals surface area (Å²) in [6.45, 7) is 3.67. The number of hydrogen-bond donors (Lipinski definition) is 2. The molecule has 3 rings (SSSR count). The second-order valence-electron chi connectivity index (χ2n) is 6.64. The predicted octanol–water partition coefficient (Wildman–Crippen LogP) is 1.71. The van der Waals surface area contributed by atoms with E-state index < -0.39 is 0 Å². The van der Waals surface area contributed by atoms with Crippen molar-refractivity contribution < 1.29 is 9.59 Å². The van der Waals surface area contributed by atoms with Crippen LogP contribution in [0.5, 0.6) is 0 Å². The lowest BCUT2D eigenvalue weighted by atomic mass is 10.1. The molecule has 1 aromatic carbocycles. The number of anilines is 1. The number of aryl methyl sites for hydroxylation is 2. The molecule has 2 N–H and O–H groups in total. The fourth-order valence-electron chi connectivity index (χ4n) is 3.58. The molecular weight excluding hydrogens is 290 g/mol. The van der Waals surface area contributed by atoms with E-state index in [0.29, 0.717) is 6.54 Å². The first kappa shape index (κ1) is 16.0. The van der Waals surface area contributed by atoms with Crippen molar-refractivity contribution in [2.24, 2.45) is 0 Å². The monoisotopic (exact) mass is 315 g/mol. The highest BCUT2D eigenvalue weighted by Crippen LogP contribution is 2.24. The molecule has 1 aliphatic carbocycles. The highest BCUT2D eigenvalue weighted by atomic mass is 16.2. The number of piperidine rings is 1. The molecule has 0 aromatic heterocycles. The summed E-state index contributed by atoms with van der Waals surface area (Å²) in [5.41, 5.74) is 3.70. The number of carbonyl (C=O) groups excluding carboxylic acids is 2. The number of amides is 2. The molecule has 0 atom stereocenters. The highest BCUT2D eigenvalue weighted by Gasteiger charge is 2.21. The molecule has 1 saturated heterocycles. The second kappa shape index (κ2) is 7.13. The third kappa shape index (κ3) is 4.32. The first-order valence-electron chi connectivity index (χ1n) is 8.51. The summed E-state index contributed by atoms with van der Waals surface area (Å²) in [5, 5.41) is 5.97. The lowest BCUT2D eigenvalue weighted by molar-refractivity contribution is -0.121. The zero-order chi connectivity index (χ0) is 16.2. The van der Waals surface area contributed by atoms with Crippen LogP contribution in [0.2, 0.25) is 0 Å². The molecule has 2 aliphatic rings. The topological polar surface area (TPSA) is 61.4 Å². The normalized spacial score (nSPS) is 18.5. The van der Waals surface area contributed by atoms with Gasteiger partial charge in [0.25, 0.3) is 0 Å². The van der Waals surface area contributed by atoms with E-state index in [1.807, 2.05) is 6.07 Å². The summed E-state index contributed by atoms with van der Waals surface area (Å²) in [6, 6.07) is 6.51. The molecule has 1 aromatic rings. The smallest absolute Gasteiger partial charge is 0.238 e. The van der Waals surface area contributed by atoms with E-state index in [9.17, 15) is 9.59 Å². The van der Waals surface area contributed by atoms with Gasteiger partial charge in [0, 0.05) is 31.7 Å². The summed E-state index contributed by atoms with van der Waals surface area (Å²) in [6.07, 6.45) is 5.32. The number of carbonyl (C=O) groups is 2. The molecule has 0 saturated carbocycles. The molecule has 0 unspecified atom stereocenters. The molecule has 23 heavy (non-hydrogen) atoms. The fourth-order valence-corrected chi connectivity index (χ4v) is 3.58. The largest absolute Gasteiger partial charge is 0.354 e. The number of hydrogen-bond acceptors (Lipinski definition) is 3. The molecule has 1 heterocycles. The first-order valence-corrected chi connectivity index (χ1v) is 8.51. The zero-order valence-corrected chi connectivity index (χ0v) is 13.7. The van der Waals surface area contributed by atoms with Gasteiger partial charge in [-0.25, -0.2) is 0 Å². The van der Waals surface area contributed by atoms with Crippen molar-refractivity contribution in [2.45, 2.75) is 45.1 Å². The van der Waals surface area contributed by atoms with Crippen LogP contribution in [0.4, 0.5) is 5.69 Å². The summed E-state index contributed by atoms with van der Waals surface area (Å²) in [4.78, 5) is 25.4. The average molecular weight is 315 g/mol. The average Bonchev–Trinajstić information content (AvgIpc) is 2.96. The van der Waals surface area contributed by atoms with Crippen LogP contribution in [0.3, 0.4) is 0 Å². The van der Waals surface area contributed by atoms with E-state index in [0.717, 1.165) is 44.5 Å². The van der Waals surface area contributed by atoms with Crippen molar-refractivity contribution in [3.63, 3.8) is 0 Å². The predicted molar refractivity (Wildman–Crippen MR) is 90.4 cm³/mol. The van der Waals surface area contributed by atoms with Crippen LogP contribution in [0.15, 0.2) is 18.2 Å². The third-order valence-electron chi connectivity index (χ3n) is 4.74. The Balaban J connectivity index is 1.46. The van der Waals surface area contributed by atoms with Crippen LogP contribution >= 0.6 is 0 Å². The minimum Gasteiger partial charge on any atom is -0.354 e. The number of benzene rings is 1. The standard InChI is InChI=1S/C18H25N3O2/c1-13(22)19-16-7-9-21(10-8-16)12-18(23)20-17-6-5-14-3-2-4-15(14)11-17/h5-6,11,16H,2-4,7-10,12H2,1H3,(H,19,22)(H,20,23). The van der Waals surface area contributed by atoms with Crippen LogP contribution in [-0.2, 0) is 22.4 Å². The van der Waals surface area contributed by atoms with E-state index in [4.69, 9.17) is 0 Å². The molecule has 1 aliphatic heterocycles. The van der Waals surface area contributed by atoms with Gasteiger partial charge in [0.2, 0.25) is 11.8 Å². The van der Waals surface area contributed by atoms with Crippen LogP contribution < -0.4 is 10.6 Å². The van der Waals surface area contributed by atoms with E-state index in [-0.39, 0.29) is 17.9 Å². The fraction of sp³-hybridized carbons (Fsp3) is 0.556. The van der Waals surface area contributed by atoms with Crippen LogP contribution in [0, 0.1) is 0 Å². The summed E-state index contributed by atoms with van der Waals surface area (Å²) < 4.78 is 0. The maximum atomic E-state index is 12.2. The van der Waals surface area contributed by atoms with Crippen molar-refractivity contribution in [3.05, 3.63) is 29.3 Å². The van der Waals surface area contributed by atoms with Gasteiger partial charge in [-0.3, -0.25) is 14.5 Å². The Kier molecular flexibility index (Phi) is 4.96. The minimum absolute atomic E-state index is 0.0257. The summed E-state index contributed by atoms with van der Waals surface area (Å²) in [5.74, 6) is 0.0683. The van der Waals surface area contributed by atoms with Gasteiger partial charge in [-0.05, 0) is 55.4 Å². The van der Waals surface area contributed by atoms with Crippen molar-refractivity contribution in [1.29, 1.82) is 0 Å². The highest BCUT2D eigenvalue weighted by molar-refractivity contribution is 5.92. The molecule has 5 heteroatoms. The first-order chi connectivity index (χ1) is 11.1. The SMILES string of the molecule is CC(=O)NC1CCN(CC(=O)Nc2ccc3c(c2)CCC3)CC1. The van der Waals surface area contributed by atoms with Gasteiger partial charge >= 0.3 is 0 Å². The van der Waals surface area contributed by atoms with Gasteiger partial charge in [-0.1, -0.05) is 6.07 Å². The lowest BCUT2D eigenvalue weighted by Gasteiger charge is -2.31. The number of likely N-dealkylation sites (tertiary alicyclic amines) is 1. The van der Waals surface area contributed by atoms with Gasteiger partial charge in [0.05, 0.1) is 6.54 Å². The van der Waals surface area contributed by atoms with Crippen molar-refractivity contribution in [2.75, 3.05) is 25.0 Å². The Morgan fingerprint density at radius 2 is 1.91 bits per heavy atom. The maximum Gasteiger partial charge on any atom is 0.238 e. The molecule has 1 fully saturated rings. The molecule has 0 radical (unpaired) electrons. The minimum atomic E-state index is 0.0257. The molecule has 124 valence electrons. The van der Waals surface area contributed by atoms with E-state index in [1.54, 1.807) is 6.92 Å². The van der Waals surface area contributed by atoms with Crippen molar-refractivity contribution in [3.8, 4) is 0 Å². The van der Waals surface area contributed by atoms with Gasteiger partial charge in [0.1, 0.15) is 0 Å². The number of nitrogens with zero attached hydrogens (tertiary/aromatic N) is 1. The molecular formula is C18H25N3O2. The van der Waals surface area contributed by atoms with E-state index >= 15 is 0 Å². The summed E-state index contributed by atoms with van der Waals surface area (Å²) >= 11 is 0. The molecule has 0 bridgehead atoms. The maximum absolute atomic E-state index is 12.2. The van der Waals surface area contributed by atoms with Gasteiger partial charge < -0.3 is 10.6 Å². The second-order valence-corrected chi connectivity index (χ2v) is 6.64. The number of fused-ring (bicyclic) bond motifs is 1. The Bertz CT molecular complexity index is 592. The van der Waals surface area contributed by atoms with Crippen molar-refractivity contribution >= 4 is 17.5 Å². The quantitative estimate of drug-likeness (QED) is 0.889. The molecule has 2 amide bonds. The Morgan fingerprint density at radius 3 is 2.65 bits per heavy atom. The Morgan fingerprint density at radius 1 is 1.17 bits per heavy atom. The Hall–Kier alpha value is -1.88. The van der Waals surface area contributed by atoms with Gasteiger partial charge in [-0.2, -0.15) is 0 Å². The van der Waals surface area contributed by atoms with E-state index in [2.05, 4.69) is 27.7 Å².